The van der Waals surface area contributed by atoms with Gasteiger partial charge in [-0.05, 0) is 36.2 Å². The Balaban J connectivity index is 1.39. The van der Waals surface area contributed by atoms with Crippen LogP contribution in [0.4, 0.5) is 10.9 Å². The van der Waals surface area contributed by atoms with Gasteiger partial charge in [0.2, 0.25) is 11.9 Å². The minimum atomic E-state index is -0.779. The number of amides is 1. The van der Waals surface area contributed by atoms with Gasteiger partial charge in [-0.1, -0.05) is 47.6 Å². The number of carbonyl (C=O) groups is 2. The number of rotatable bonds is 8. The van der Waals surface area contributed by atoms with Crippen LogP contribution < -0.4 is 20.5 Å². The summed E-state index contributed by atoms with van der Waals surface area (Å²) in [6.07, 6.45) is 0. The zero-order chi connectivity index (χ0) is 27.5. The van der Waals surface area contributed by atoms with Gasteiger partial charge in [-0.3, -0.25) is 9.36 Å². The van der Waals surface area contributed by atoms with E-state index in [-0.39, 0.29) is 11.5 Å². The summed E-state index contributed by atoms with van der Waals surface area (Å²) in [6, 6.07) is 12.1. The molecule has 202 valence electrons. The lowest BCUT2D eigenvalue weighted by atomic mass is 10.0. The normalized spacial score (nSPS) is 13.1. The van der Waals surface area contributed by atoms with Crippen molar-refractivity contribution in [2.75, 3.05) is 31.4 Å². The van der Waals surface area contributed by atoms with Crippen LogP contribution in [0.15, 0.2) is 53.0 Å². The van der Waals surface area contributed by atoms with E-state index < -0.39 is 17.9 Å². The molecule has 0 spiro atoms. The Hall–Kier alpha value is -3.74. The smallest absolute Gasteiger partial charge is 0.341 e. The Bertz CT molecular complexity index is 1540. The monoisotopic (exact) mass is 585 g/mol. The third kappa shape index (κ3) is 5.54. The molecule has 13 heteroatoms. The molecule has 5 rings (SSSR count). The average molecular weight is 586 g/mol. The second kappa shape index (κ2) is 11.6. The lowest BCUT2D eigenvalue weighted by Crippen LogP contribution is -2.25. The van der Waals surface area contributed by atoms with E-state index in [1.807, 2.05) is 30.3 Å². The standard InChI is InChI=1S/C26H24ClN5O5S2/c1-14(32-25(28)30-31-26(32)39-12-16-5-3-4-6-18(16)27)22(33)29-23-21(24(34)35-2)17(13-38-23)15-7-8-19-20(11-15)37-10-9-36-19/h3-8,11,13-14H,9-10,12H2,1-2H3,(H2,28,30)(H,29,33). The Morgan fingerprint density at radius 2 is 1.97 bits per heavy atom. The second-order valence-electron chi connectivity index (χ2n) is 8.46. The number of nitrogens with two attached hydrogens (primary N) is 1. The van der Waals surface area contributed by atoms with E-state index >= 15 is 0 Å². The Kier molecular flexibility index (Phi) is 7.96. The number of fused-ring (bicyclic) bond motifs is 1. The molecule has 0 aliphatic carbocycles. The molecule has 1 amide bonds. The number of carbonyl (C=O) groups excluding carboxylic acids is 2. The van der Waals surface area contributed by atoms with Crippen LogP contribution in [0.2, 0.25) is 5.02 Å². The van der Waals surface area contributed by atoms with Crippen molar-refractivity contribution in [3.8, 4) is 22.6 Å². The van der Waals surface area contributed by atoms with Crippen molar-refractivity contribution < 1.29 is 23.8 Å². The molecule has 0 saturated heterocycles. The lowest BCUT2D eigenvalue weighted by Gasteiger charge is -2.19. The summed E-state index contributed by atoms with van der Waals surface area (Å²) in [5.74, 6) is 0.853. The van der Waals surface area contributed by atoms with E-state index in [1.165, 1.54) is 30.2 Å². The molecule has 3 heterocycles. The van der Waals surface area contributed by atoms with Gasteiger partial charge in [0.1, 0.15) is 29.8 Å². The van der Waals surface area contributed by atoms with Gasteiger partial charge in [0, 0.05) is 21.7 Å². The molecule has 2 aromatic carbocycles. The van der Waals surface area contributed by atoms with Crippen LogP contribution in [0.5, 0.6) is 11.5 Å². The molecule has 1 unspecified atom stereocenters. The topological polar surface area (TPSA) is 131 Å². The first-order valence-electron chi connectivity index (χ1n) is 11.8. The van der Waals surface area contributed by atoms with Gasteiger partial charge in [0.15, 0.2) is 16.7 Å². The van der Waals surface area contributed by atoms with Crippen LogP contribution >= 0.6 is 34.7 Å². The maximum Gasteiger partial charge on any atom is 0.341 e. The quantitative estimate of drug-likeness (QED) is 0.209. The highest BCUT2D eigenvalue weighted by atomic mass is 35.5. The van der Waals surface area contributed by atoms with Gasteiger partial charge in [-0.15, -0.1) is 21.5 Å². The number of esters is 1. The summed E-state index contributed by atoms with van der Waals surface area (Å²) in [5.41, 5.74) is 8.57. The van der Waals surface area contributed by atoms with Crippen LogP contribution in [-0.2, 0) is 15.3 Å². The number of nitrogen functional groups attached to an aromatic ring is 1. The Labute approximate surface area is 237 Å². The fourth-order valence-corrected chi connectivity index (χ4v) is 6.29. The molecule has 0 radical (unpaired) electrons. The van der Waals surface area contributed by atoms with E-state index in [0.717, 1.165) is 11.1 Å². The number of aromatic nitrogens is 3. The summed E-state index contributed by atoms with van der Waals surface area (Å²) >= 11 is 8.86. The predicted molar refractivity (Wildman–Crippen MR) is 151 cm³/mol. The summed E-state index contributed by atoms with van der Waals surface area (Å²) in [6.45, 7) is 2.60. The maximum absolute atomic E-state index is 13.4. The molecule has 10 nitrogen and oxygen atoms in total. The Morgan fingerprint density at radius 1 is 1.21 bits per heavy atom. The Morgan fingerprint density at radius 3 is 2.74 bits per heavy atom. The molecule has 2 aromatic heterocycles. The first-order chi connectivity index (χ1) is 18.9. The van der Waals surface area contributed by atoms with Gasteiger partial charge >= 0.3 is 5.97 Å². The number of hydrogen-bond acceptors (Lipinski definition) is 10. The lowest BCUT2D eigenvalue weighted by molar-refractivity contribution is -0.118. The van der Waals surface area contributed by atoms with E-state index in [1.54, 1.807) is 29.0 Å². The van der Waals surface area contributed by atoms with Crippen LogP contribution in [0.1, 0.15) is 28.9 Å². The number of hydrogen-bond donors (Lipinski definition) is 2. The number of methoxy groups -OCH3 is 1. The van der Waals surface area contributed by atoms with E-state index in [2.05, 4.69) is 15.5 Å². The molecule has 1 aliphatic heterocycles. The second-order valence-corrected chi connectivity index (χ2v) is 10.7. The van der Waals surface area contributed by atoms with Crippen molar-refractivity contribution in [2.24, 2.45) is 0 Å². The van der Waals surface area contributed by atoms with Gasteiger partial charge in [-0.25, -0.2) is 4.79 Å². The molecule has 4 aromatic rings. The van der Waals surface area contributed by atoms with E-state index in [0.29, 0.717) is 51.2 Å². The highest BCUT2D eigenvalue weighted by molar-refractivity contribution is 7.98. The van der Waals surface area contributed by atoms with E-state index in [4.69, 9.17) is 31.5 Å². The number of halogens is 1. The van der Waals surface area contributed by atoms with Crippen molar-refractivity contribution in [3.63, 3.8) is 0 Å². The van der Waals surface area contributed by atoms with Crippen molar-refractivity contribution >= 4 is 57.5 Å². The molecule has 1 aliphatic rings. The SMILES string of the molecule is COC(=O)c1c(-c2ccc3c(c2)OCCO3)csc1NC(=O)C(C)n1c(N)nnc1SCc1ccccc1Cl. The zero-order valence-electron chi connectivity index (χ0n) is 21.0. The van der Waals surface area contributed by atoms with Crippen molar-refractivity contribution in [2.45, 2.75) is 23.9 Å². The minimum absolute atomic E-state index is 0.0932. The summed E-state index contributed by atoms with van der Waals surface area (Å²) in [4.78, 5) is 26.2. The predicted octanol–water partition coefficient (Wildman–Crippen LogP) is 5.29. The third-order valence-corrected chi connectivity index (χ3v) is 8.30. The highest BCUT2D eigenvalue weighted by Gasteiger charge is 2.27. The summed E-state index contributed by atoms with van der Waals surface area (Å²) < 4.78 is 17.9. The average Bonchev–Trinajstić information content (AvgIpc) is 3.54. The fourth-order valence-electron chi connectivity index (χ4n) is 4.02. The van der Waals surface area contributed by atoms with E-state index in [9.17, 15) is 9.59 Å². The van der Waals surface area contributed by atoms with Crippen molar-refractivity contribution in [1.29, 1.82) is 0 Å². The number of nitrogens with one attached hydrogen (secondary N) is 1. The number of thiophene rings is 1. The molecular weight excluding hydrogens is 562 g/mol. The number of thioether (sulfide) groups is 1. The van der Waals surface area contributed by atoms with Crippen LogP contribution in [0, 0.1) is 0 Å². The summed E-state index contributed by atoms with van der Waals surface area (Å²) in [7, 11) is 1.29. The van der Waals surface area contributed by atoms with Gasteiger partial charge < -0.3 is 25.3 Å². The third-order valence-electron chi connectivity index (χ3n) is 6.04. The molecule has 1 atom stereocenters. The van der Waals surface area contributed by atoms with Crippen LogP contribution in [-0.4, -0.2) is 47.0 Å². The first-order valence-corrected chi connectivity index (χ1v) is 14.1. The maximum atomic E-state index is 13.4. The number of benzene rings is 2. The van der Waals surface area contributed by atoms with Gasteiger partial charge in [0.05, 0.1) is 7.11 Å². The van der Waals surface area contributed by atoms with Crippen LogP contribution in [0.3, 0.4) is 0 Å². The minimum Gasteiger partial charge on any atom is -0.486 e. The fraction of sp³-hybridized carbons (Fsp3) is 0.231. The number of ether oxygens (including phenoxy) is 3. The molecule has 0 bridgehead atoms. The molecule has 3 N–H and O–H groups in total. The van der Waals surface area contributed by atoms with Gasteiger partial charge in [0.25, 0.3) is 0 Å². The first kappa shape index (κ1) is 26.9. The van der Waals surface area contributed by atoms with Crippen molar-refractivity contribution in [3.05, 3.63) is 64.0 Å². The molecular formula is C26H24ClN5O5S2. The number of anilines is 2. The zero-order valence-corrected chi connectivity index (χ0v) is 23.4. The largest absolute Gasteiger partial charge is 0.486 e. The van der Waals surface area contributed by atoms with Gasteiger partial charge in [-0.2, -0.15) is 0 Å². The molecule has 39 heavy (non-hydrogen) atoms. The molecule has 0 fully saturated rings. The van der Waals surface area contributed by atoms with Crippen LogP contribution in [0.25, 0.3) is 11.1 Å². The van der Waals surface area contributed by atoms with Crippen molar-refractivity contribution in [1.82, 2.24) is 14.8 Å². The summed E-state index contributed by atoms with van der Waals surface area (Å²) in [5, 5.41) is 14.2. The number of nitrogens with zero attached hydrogens (tertiary/aromatic N) is 3. The molecule has 0 saturated carbocycles. The highest BCUT2D eigenvalue weighted by Crippen LogP contribution is 2.41.